The lowest BCUT2D eigenvalue weighted by Gasteiger charge is -2.13. The van der Waals surface area contributed by atoms with Crippen LogP contribution in [0.5, 0.6) is 5.75 Å². The van der Waals surface area contributed by atoms with Crippen LogP contribution in [0.15, 0.2) is 6.20 Å². The van der Waals surface area contributed by atoms with Crippen molar-refractivity contribution in [1.29, 1.82) is 0 Å². The van der Waals surface area contributed by atoms with E-state index >= 15 is 0 Å². The number of carbonyl (C=O) groups is 1. The van der Waals surface area contributed by atoms with Crippen LogP contribution in [0.25, 0.3) is 0 Å². The molecular formula is C16H27N3O2. The van der Waals surface area contributed by atoms with E-state index in [1.165, 1.54) is 0 Å². The molecule has 1 heterocycles. The Morgan fingerprint density at radius 2 is 2.14 bits per heavy atom. The summed E-state index contributed by atoms with van der Waals surface area (Å²) in [5.41, 5.74) is 3.04. The van der Waals surface area contributed by atoms with Gasteiger partial charge in [-0.15, -0.1) is 0 Å². The predicted octanol–water partition coefficient (Wildman–Crippen LogP) is 2.10. The molecule has 1 aromatic heterocycles. The monoisotopic (exact) mass is 293 g/mol. The topological polar surface area (TPSA) is 63.2 Å². The van der Waals surface area contributed by atoms with Crippen molar-refractivity contribution in [2.75, 3.05) is 13.7 Å². The third-order valence-electron chi connectivity index (χ3n) is 3.59. The first-order valence-corrected chi connectivity index (χ1v) is 7.48. The maximum atomic E-state index is 11.6. The average Bonchev–Trinajstić information content (AvgIpc) is 2.45. The summed E-state index contributed by atoms with van der Waals surface area (Å²) in [5, 5.41) is 6.21. The molecule has 0 spiro atoms. The number of nitrogens with one attached hydrogen (secondary N) is 2. The second-order valence-corrected chi connectivity index (χ2v) is 5.35. The fourth-order valence-electron chi connectivity index (χ4n) is 2.11. The minimum absolute atomic E-state index is 0.0861. The van der Waals surface area contributed by atoms with Crippen LogP contribution in [0.4, 0.5) is 0 Å². The van der Waals surface area contributed by atoms with Gasteiger partial charge >= 0.3 is 0 Å². The molecule has 21 heavy (non-hydrogen) atoms. The van der Waals surface area contributed by atoms with Crippen molar-refractivity contribution in [2.45, 2.75) is 53.1 Å². The molecule has 1 amide bonds. The zero-order valence-electron chi connectivity index (χ0n) is 13.7. The van der Waals surface area contributed by atoms with Gasteiger partial charge in [0.2, 0.25) is 5.91 Å². The van der Waals surface area contributed by atoms with Gasteiger partial charge in [-0.2, -0.15) is 0 Å². The van der Waals surface area contributed by atoms with Crippen molar-refractivity contribution in [3.63, 3.8) is 0 Å². The number of rotatable bonds is 8. The second-order valence-electron chi connectivity index (χ2n) is 5.35. The summed E-state index contributed by atoms with van der Waals surface area (Å²) >= 11 is 0. The molecular weight excluding hydrogens is 266 g/mol. The van der Waals surface area contributed by atoms with Gasteiger partial charge < -0.3 is 15.4 Å². The molecule has 0 aliphatic heterocycles. The second kappa shape index (κ2) is 8.62. The van der Waals surface area contributed by atoms with Gasteiger partial charge in [-0.3, -0.25) is 9.78 Å². The molecule has 0 fully saturated rings. The van der Waals surface area contributed by atoms with Gasteiger partial charge in [-0.05, 0) is 27.2 Å². The largest absolute Gasteiger partial charge is 0.496 e. The maximum absolute atomic E-state index is 11.6. The summed E-state index contributed by atoms with van der Waals surface area (Å²) < 4.78 is 5.39. The van der Waals surface area contributed by atoms with Crippen LogP contribution in [0.3, 0.4) is 0 Å². The van der Waals surface area contributed by atoms with Crippen LogP contribution in [0.1, 0.15) is 43.5 Å². The van der Waals surface area contributed by atoms with Crippen molar-refractivity contribution < 1.29 is 9.53 Å². The summed E-state index contributed by atoms with van der Waals surface area (Å²) in [5.74, 6) is 0.972. The highest BCUT2D eigenvalue weighted by Gasteiger charge is 2.09. The number of hydrogen-bond acceptors (Lipinski definition) is 4. The quantitative estimate of drug-likeness (QED) is 0.721. The lowest BCUT2D eigenvalue weighted by Crippen LogP contribution is -2.34. The Hall–Kier alpha value is -1.62. The lowest BCUT2D eigenvalue weighted by molar-refractivity contribution is -0.121. The minimum Gasteiger partial charge on any atom is -0.496 e. The van der Waals surface area contributed by atoms with Crippen molar-refractivity contribution >= 4 is 5.91 Å². The molecule has 5 heteroatoms. The number of carbonyl (C=O) groups excluding carboxylic acids is 1. The Kier molecular flexibility index (Phi) is 7.15. The SMILES string of the molecule is CCC(C)NC(=O)CCNCc1ncc(C)c(OC)c1C. The highest BCUT2D eigenvalue weighted by Crippen LogP contribution is 2.23. The molecule has 118 valence electrons. The molecule has 1 unspecified atom stereocenters. The van der Waals surface area contributed by atoms with Crippen molar-refractivity contribution in [3.8, 4) is 5.75 Å². The van der Waals surface area contributed by atoms with Crippen LogP contribution < -0.4 is 15.4 Å². The van der Waals surface area contributed by atoms with E-state index in [1.54, 1.807) is 7.11 Å². The summed E-state index contributed by atoms with van der Waals surface area (Å²) in [6.07, 6.45) is 3.25. The van der Waals surface area contributed by atoms with E-state index in [9.17, 15) is 4.79 Å². The van der Waals surface area contributed by atoms with E-state index in [1.807, 2.05) is 27.0 Å². The summed E-state index contributed by atoms with van der Waals surface area (Å²) in [7, 11) is 1.67. The highest BCUT2D eigenvalue weighted by molar-refractivity contribution is 5.76. The van der Waals surface area contributed by atoms with E-state index in [2.05, 4.69) is 22.5 Å². The molecule has 0 bridgehead atoms. The lowest BCUT2D eigenvalue weighted by atomic mass is 10.1. The molecule has 0 aliphatic rings. The van der Waals surface area contributed by atoms with Gasteiger partial charge in [0.25, 0.3) is 0 Å². The first-order chi connectivity index (χ1) is 9.99. The van der Waals surface area contributed by atoms with Gasteiger partial charge in [-0.25, -0.2) is 0 Å². The van der Waals surface area contributed by atoms with E-state index in [0.29, 0.717) is 19.5 Å². The molecule has 1 atom stereocenters. The Morgan fingerprint density at radius 1 is 1.43 bits per heavy atom. The summed E-state index contributed by atoms with van der Waals surface area (Å²) in [4.78, 5) is 16.1. The van der Waals surface area contributed by atoms with Gasteiger partial charge in [0.05, 0.1) is 12.8 Å². The van der Waals surface area contributed by atoms with Gasteiger partial charge in [0.15, 0.2) is 0 Å². The summed E-state index contributed by atoms with van der Waals surface area (Å²) in [6.45, 7) is 9.33. The Bertz CT molecular complexity index is 475. The number of hydrogen-bond donors (Lipinski definition) is 2. The first kappa shape index (κ1) is 17.4. The van der Waals surface area contributed by atoms with E-state index in [4.69, 9.17) is 4.74 Å². The van der Waals surface area contributed by atoms with Crippen molar-refractivity contribution in [3.05, 3.63) is 23.0 Å². The molecule has 0 aliphatic carbocycles. The number of nitrogens with zero attached hydrogens (tertiary/aromatic N) is 1. The van der Waals surface area contributed by atoms with Crippen LogP contribution in [0, 0.1) is 13.8 Å². The zero-order valence-corrected chi connectivity index (χ0v) is 13.7. The van der Waals surface area contributed by atoms with Crippen LogP contribution in [-0.2, 0) is 11.3 Å². The van der Waals surface area contributed by atoms with Crippen LogP contribution >= 0.6 is 0 Å². The number of amides is 1. The maximum Gasteiger partial charge on any atom is 0.221 e. The Balaban J connectivity index is 2.41. The number of aryl methyl sites for hydroxylation is 1. The predicted molar refractivity (Wildman–Crippen MR) is 84.5 cm³/mol. The minimum atomic E-state index is 0.0861. The van der Waals surface area contributed by atoms with E-state index in [-0.39, 0.29) is 11.9 Å². The van der Waals surface area contributed by atoms with Crippen LogP contribution in [0.2, 0.25) is 0 Å². The van der Waals surface area contributed by atoms with Gasteiger partial charge in [-0.1, -0.05) is 6.92 Å². The first-order valence-electron chi connectivity index (χ1n) is 7.48. The van der Waals surface area contributed by atoms with Gasteiger partial charge in [0.1, 0.15) is 5.75 Å². The summed E-state index contributed by atoms with van der Waals surface area (Å²) in [6, 6.07) is 0.239. The highest BCUT2D eigenvalue weighted by atomic mass is 16.5. The number of pyridine rings is 1. The molecule has 2 N–H and O–H groups in total. The molecule has 1 rings (SSSR count). The van der Waals surface area contributed by atoms with Crippen molar-refractivity contribution in [1.82, 2.24) is 15.6 Å². The number of ether oxygens (including phenoxy) is 1. The van der Waals surface area contributed by atoms with Crippen molar-refractivity contribution in [2.24, 2.45) is 0 Å². The fourth-order valence-corrected chi connectivity index (χ4v) is 2.11. The smallest absolute Gasteiger partial charge is 0.221 e. The standard InChI is InChI=1S/C16H27N3O2/c1-6-12(3)19-15(20)7-8-17-10-14-13(4)16(21-5)11(2)9-18-14/h9,12,17H,6-8,10H2,1-5H3,(H,19,20). The Morgan fingerprint density at radius 3 is 2.76 bits per heavy atom. The molecule has 0 saturated heterocycles. The van der Waals surface area contributed by atoms with E-state index < -0.39 is 0 Å². The molecule has 5 nitrogen and oxygen atoms in total. The zero-order chi connectivity index (χ0) is 15.8. The van der Waals surface area contributed by atoms with Crippen LogP contribution in [-0.4, -0.2) is 30.6 Å². The Labute approximate surface area is 127 Å². The average molecular weight is 293 g/mol. The number of methoxy groups -OCH3 is 1. The number of aromatic nitrogens is 1. The van der Waals surface area contributed by atoms with E-state index in [0.717, 1.165) is 29.0 Å². The molecule has 0 saturated carbocycles. The van der Waals surface area contributed by atoms with Gasteiger partial charge in [0, 0.05) is 42.9 Å². The third kappa shape index (κ3) is 5.34. The normalized spacial score (nSPS) is 12.0. The molecule has 1 aromatic rings. The fraction of sp³-hybridized carbons (Fsp3) is 0.625. The molecule has 0 aromatic carbocycles. The molecule has 0 radical (unpaired) electrons. The third-order valence-corrected chi connectivity index (χ3v) is 3.59.